The molecule has 0 aromatic carbocycles. The zero-order valence-electron chi connectivity index (χ0n) is 8.67. The Morgan fingerprint density at radius 2 is 2.46 bits per heavy atom. The molecule has 2 atom stereocenters. The fourth-order valence-electron chi connectivity index (χ4n) is 1.98. The van der Waals surface area contributed by atoms with E-state index < -0.39 is 0 Å². The van der Waals surface area contributed by atoms with Gasteiger partial charge in [-0.05, 0) is 32.3 Å². The third-order valence-electron chi connectivity index (χ3n) is 2.76. The summed E-state index contributed by atoms with van der Waals surface area (Å²) in [5.41, 5.74) is 0.886. The third kappa shape index (κ3) is 1.99. The molecule has 2 unspecified atom stereocenters. The summed E-state index contributed by atoms with van der Waals surface area (Å²) in [6.07, 6.45) is 5.10. The maximum atomic E-state index is 11.0. The second kappa shape index (κ2) is 4.05. The lowest BCUT2D eigenvalue weighted by Gasteiger charge is -2.36. The smallest absolute Gasteiger partial charge is 0.128 e. The highest BCUT2D eigenvalue weighted by molar-refractivity contribution is 5.61. The van der Waals surface area contributed by atoms with E-state index in [4.69, 9.17) is 4.74 Å². The Morgan fingerprint density at radius 3 is 3.00 bits per heavy atom. The molecule has 0 heterocycles. The van der Waals surface area contributed by atoms with Crippen LogP contribution < -0.4 is 0 Å². The first-order valence-electron chi connectivity index (χ1n) is 4.88. The fourth-order valence-corrected chi connectivity index (χ4v) is 1.98. The molecular formula is C11H18O2. The van der Waals surface area contributed by atoms with E-state index in [0.29, 0.717) is 6.61 Å². The summed E-state index contributed by atoms with van der Waals surface area (Å²) in [4.78, 5) is 11.0. The van der Waals surface area contributed by atoms with Gasteiger partial charge in [-0.25, -0.2) is 0 Å². The van der Waals surface area contributed by atoms with Crippen LogP contribution in [0.25, 0.3) is 0 Å². The Morgan fingerprint density at radius 1 is 1.77 bits per heavy atom. The average Bonchev–Trinajstić information content (AvgIpc) is 2.12. The third-order valence-corrected chi connectivity index (χ3v) is 2.76. The number of allylic oxidation sites excluding steroid dienone is 1. The van der Waals surface area contributed by atoms with Gasteiger partial charge in [-0.15, -0.1) is 0 Å². The quantitative estimate of drug-likeness (QED) is 0.494. The van der Waals surface area contributed by atoms with E-state index in [1.54, 1.807) is 0 Å². The van der Waals surface area contributed by atoms with Gasteiger partial charge in [-0.1, -0.05) is 13.0 Å². The van der Waals surface area contributed by atoms with Gasteiger partial charge in [0.25, 0.3) is 0 Å². The van der Waals surface area contributed by atoms with Gasteiger partial charge in [0.2, 0.25) is 0 Å². The van der Waals surface area contributed by atoms with Gasteiger partial charge in [0.05, 0.1) is 11.5 Å². The van der Waals surface area contributed by atoms with Crippen molar-refractivity contribution in [3.05, 3.63) is 11.6 Å². The molecule has 0 radical (unpaired) electrons. The molecule has 1 rings (SSSR count). The fraction of sp³-hybridized carbons (Fsp3) is 0.727. The van der Waals surface area contributed by atoms with Crippen molar-refractivity contribution < 1.29 is 9.53 Å². The average molecular weight is 182 g/mol. The molecule has 13 heavy (non-hydrogen) atoms. The van der Waals surface area contributed by atoms with Gasteiger partial charge in [-0.2, -0.15) is 0 Å². The van der Waals surface area contributed by atoms with Crippen LogP contribution in [-0.4, -0.2) is 19.0 Å². The zero-order chi connectivity index (χ0) is 9.90. The number of hydrogen-bond acceptors (Lipinski definition) is 2. The zero-order valence-corrected chi connectivity index (χ0v) is 8.67. The van der Waals surface area contributed by atoms with Crippen LogP contribution in [0.5, 0.6) is 0 Å². The molecule has 0 N–H and O–H groups in total. The molecular weight excluding hydrogens is 164 g/mol. The van der Waals surface area contributed by atoms with Crippen molar-refractivity contribution >= 4 is 6.29 Å². The van der Waals surface area contributed by atoms with Crippen molar-refractivity contribution in [2.75, 3.05) is 6.61 Å². The molecule has 2 nitrogen and oxygen atoms in total. The standard InChI is InChI=1S/C11H18O2/c1-4-13-10-9(2)6-5-7-11(10,3)8-12/h6,8,10H,4-5,7H2,1-3H3. The Kier molecular flexibility index (Phi) is 3.26. The maximum Gasteiger partial charge on any atom is 0.128 e. The summed E-state index contributed by atoms with van der Waals surface area (Å²) >= 11 is 0. The number of hydrogen-bond donors (Lipinski definition) is 0. The number of aldehydes is 1. The van der Waals surface area contributed by atoms with E-state index in [1.807, 2.05) is 20.8 Å². The summed E-state index contributed by atoms with van der Waals surface area (Å²) in [5, 5.41) is 0. The summed E-state index contributed by atoms with van der Waals surface area (Å²) in [7, 11) is 0. The second-order valence-electron chi connectivity index (χ2n) is 3.95. The molecule has 0 aromatic heterocycles. The topological polar surface area (TPSA) is 26.3 Å². The highest BCUT2D eigenvalue weighted by Gasteiger charge is 2.37. The van der Waals surface area contributed by atoms with Gasteiger partial charge in [0.1, 0.15) is 6.29 Å². The van der Waals surface area contributed by atoms with Crippen LogP contribution >= 0.6 is 0 Å². The van der Waals surface area contributed by atoms with Crippen LogP contribution in [0.3, 0.4) is 0 Å². The summed E-state index contributed by atoms with van der Waals surface area (Å²) in [6, 6.07) is 0. The number of carbonyl (C=O) groups is 1. The van der Waals surface area contributed by atoms with Crippen LogP contribution in [0.4, 0.5) is 0 Å². The van der Waals surface area contributed by atoms with Crippen LogP contribution in [-0.2, 0) is 9.53 Å². The Balaban J connectivity index is 2.85. The monoisotopic (exact) mass is 182 g/mol. The van der Waals surface area contributed by atoms with Crippen LogP contribution in [0.1, 0.15) is 33.6 Å². The normalized spacial score (nSPS) is 34.1. The van der Waals surface area contributed by atoms with Crippen LogP contribution in [0, 0.1) is 5.41 Å². The molecule has 0 fully saturated rings. The Hall–Kier alpha value is -0.630. The van der Waals surface area contributed by atoms with Crippen LogP contribution in [0.15, 0.2) is 11.6 Å². The molecule has 0 bridgehead atoms. The van der Waals surface area contributed by atoms with Gasteiger partial charge < -0.3 is 9.53 Å². The van der Waals surface area contributed by atoms with E-state index in [1.165, 1.54) is 5.57 Å². The van der Waals surface area contributed by atoms with Gasteiger partial charge >= 0.3 is 0 Å². The van der Waals surface area contributed by atoms with E-state index in [-0.39, 0.29) is 11.5 Å². The van der Waals surface area contributed by atoms with E-state index in [0.717, 1.165) is 19.1 Å². The molecule has 0 amide bonds. The highest BCUT2D eigenvalue weighted by Crippen LogP contribution is 2.36. The largest absolute Gasteiger partial charge is 0.373 e. The summed E-state index contributed by atoms with van der Waals surface area (Å²) in [6.45, 7) is 6.66. The number of ether oxygens (including phenoxy) is 1. The van der Waals surface area contributed by atoms with Gasteiger partial charge in [-0.3, -0.25) is 0 Å². The van der Waals surface area contributed by atoms with E-state index in [9.17, 15) is 4.79 Å². The van der Waals surface area contributed by atoms with Crippen molar-refractivity contribution in [3.63, 3.8) is 0 Å². The van der Waals surface area contributed by atoms with E-state index >= 15 is 0 Å². The van der Waals surface area contributed by atoms with Crippen molar-refractivity contribution in [2.45, 2.75) is 39.7 Å². The predicted molar refractivity (Wildman–Crippen MR) is 52.6 cm³/mol. The predicted octanol–water partition coefficient (Wildman–Crippen LogP) is 2.34. The van der Waals surface area contributed by atoms with Crippen molar-refractivity contribution in [3.8, 4) is 0 Å². The molecule has 0 aromatic rings. The van der Waals surface area contributed by atoms with Crippen LogP contribution in [0.2, 0.25) is 0 Å². The van der Waals surface area contributed by atoms with E-state index in [2.05, 4.69) is 6.08 Å². The molecule has 0 saturated carbocycles. The molecule has 0 aliphatic heterocycles. The molecule has 0 saturated heterocycles. The Labute approximate surface area is 80.0 Å². The number of carbonyl (C=O) groups excluding carboxylic acids is 1. The summed E-state index contributed by atoms with van der Waals surface area (Å²) < 4.78 is 5.60. The first kappa shape index (κ1) is 10.5. The second-order valence-corrected chi connectivity index (χ2v) is 3.95. The minimum atomic E-state index is -0.311. The lowest BCUT2D eigenvalue weighted by atomic mass is 9.74. The lowest BCUT2D eigenvalue weighted by Crippen LogP contribution is -2.39. The lowest BCUT2D eigenvalue weighted by molar-refractivity contribution is -0.123. The van der Waals surface area contributed by atoms with Crippen molar-refractivity contribution in [1.29, 1.82) is 0 Å². The van der Waals surface area contributed by atoms with Gasteiger partial charge in [0.15, 0.2) is 0 Å². The molecule has 1 aliphatic carbocycles. The first-order valence-corrected chi connectivity index (χ1v) is 4.88. The molecule has 0 spiro atoms. The molecule has 1 aliphatic rings. The Bertz CT molecular complexity index is 220. The summed E-state index contributed by atoms with van der Waals surface area (Å²) in [5.74, 6) is 0. The van der Waals surface area contributed by atoms with Gasteiger partial charge in [0, 0.05) is 6.61 Å². The first-order chi connectivity index (χ1) is 6.14. The SMILES string of the molecule is CCOC1C(C)=CCCC1(C)C=O. The van der Waals surface area contributed by atoms with Crippen molar-refractivity contribution in [2.24, 2.45) is 5.41 Å². The minimum Gasteiger partial charge on any atom is -0.373 e. The molecule has 74 valence electrons. The molecule has 2 heteroatoms. The number of rotatable bonds is 3. The van der Waals surface area contributed by atoms with Crippen molar-refractivity contribution in [1.82, 2.24) is 0 Å². The maximum absolute atomic E-state index is 11.0. The highest BCUT2D eigenvalue weighted by atomic mass is 16.5. The minimum absolute atomic E-state index is 0.0104.